The van der Waals surface area contributed by atoms with E-state index in [1.807, 2.05) is 12.1 Å². The van der Waals surface area contributed by atoms with E-state index in [1.165, 1.54) is 22.4 Å². The van der Waals surface area contributed by atoms with Crippen molar-refractivity contribution >= 4 is 5.69 Å². The maximum absolute atomic E-state index is 5.38. The van der Waals surface area contributed by atoms with Gasteiger partial charge >= 0.3 is 0 Å². The fourth-order valence-electron chi connectivity index (χ4n) is 2.19. The summed E-state index contributed by atoms with van der Waals surface area (Å²) in [5, 5.41) is 3.46. The van der Waals surface area contributed by atoms with Gasteiger partial charge in [-0.05, 0) is 48.7 Å². The van der Waals surface area contributed by atoms with Crippen LogP contribution in [-0.2, 0) is 6.54 Å². The summed E-state index contributed by atoms with van der Waals surface area (Å²) in [6.07, 6.45) is 0. The first-order chi connectivity index (χ1) is 9.24. The van der Waals surface area contributed by atoms with Crippen LogP contribution in [0.25, 0.3) is 0 Å². The number of benzene rings is 2. The van der Waals surface area contributed by atoms with Gasteiger partial charge in [-0.15, -0.1) is 0 Å². The van der Waals surface area contributed by atoms with Gasteiger partial charge in [-0.1, -0.05) is 18.2 Å². The van der Waals surface area contributed by atoms with Crippen molar-refractivity contribution in [2.75, 3.05) is 12.1 Å². The van der Waals surface area contributed by atoms with Gasteiger partial charge < -0.3 is 14.8 Å². The molecule has 2 aromatic rings. The smallest absolute Gasteiger partial charge is 0.231 e. The summed E-state index contributed by atoms with van der Waals surface area (Å²) >= 11 is 0. The van der Waals surface area contributed by atoms with Crippen molar-refractivity contribution in [2.45, 2.75) is 20.4 Å². The normalized spacial score (nSPS) is 12.5. The molecular weight excluding hydrogens is 238 g/mol. The average Bonchev–Trinajstić information content (AvgIpc) is 2.88. The van der Waals surface area contributed by atoms with Crippen LogP contribution in [0.5, 0.6) is 11.5 Å². The van der Waals surface area contributed by atoms with E-state index in [2.05, 4.69) is 43.4 Å². The van der Waals surface area contributed by atoms with Gasteiger partial charge in [-0.3, -0.25) is 0 Å². The molecule has 0 bridgehead atoms. The highest BCUT2D eigenvalue weighted by Crippen LogP contribution is 2.32. The Morgan fingerprint density at radius 1 is 1.05 bits per heavy atom. The Morgan fingerprint density at radius 3 is 2.79 bits per heavy atom. The zero-order valence-corrected chi connectivity index (χ0v) is 11.2. The molecule has 98 valence electrons. The van der Waals surface area contributed by atoms with E-state index >= 15 is 0 Å². The van der Waals surface area contributed by atoms with E-state index in [1.54, 1.807) is 0 Å². The van der Waals surface area contributed by atoms with Crippen LogP contribution in [0.1, 0.15) is 16.7 Å². The lowest BCUT2D eigenvalue weighted by Crippen LogP contribution is -2.01. The Morgan fingerprint density at radius 2 is 1.89 bits per heavy atom. The number of aryl methyl sites for hydroxylation is 1. The Kier molecular flexibility index (Phi) is 3.03. The highest BCUT2D eigenvalue weighted by Gasteiger charge is 2.13. The van der Waals surface area contributed by atoms with Crippen LogP contribution in [0.2, 0.25) is 0 Å². The third kappa shape index (κ3) is 2.36. The second-order valence-corrected chi connectivity index (χ2v) is 4.79. The maximum Gasteiger partial charge on any atom is 0.231 e. The van der Waals surface area contributed by atoms with Crippen LogP contribution >= 0.6 is 0 Å². The molecule has 0 aromatic heterocycles. The number of anilines is 1. The highest BCUT2D eigenvalue weighted by atomic mass is 16.7. The molecule has 0 aliphatic carbocycles. The fourth-order valence-corrected chi connectivity index (χ4v) is 2.19. The predicted octanol–water partition coefficient (Wildman–Crippen LogP) is 3.64. The molecule has 1 heterocycles. The molecule has 0 fully saturated rings. The highest BCUT2D eigenvalue weighted by molar-refractivity contribution is 5.54. The van der Waals surface area contributed by atoms with Crippen LogP contribution in [0.3, 0.4) is 0 Å². The summed E-state index contributed by atoms with van der Waals surface area (Å²) in [4.78, 5) is 0. The van der Waals surface area contributed by atoms with Crippen LogP contribution < -0.4 is 14.8 Å². The Bertz CT molecular complexity index is 608. The van der Waals surface area contributed by atoms with Gasteiger partial charge in [0.05, 0.1) is 0 Å². The molecule has 0 radical (unpaired) electrons. The van der Waals surface area contributed by atoms with Crippen molar-refractivity contribution in [1.82, 2.24) is 0 Å². The summed E-state index contributed by atoms with van der Waals surface area (Å²) in [6, 6.07) is 12.4. The van der Waals surface area contributed by atoms with Gasteiger partial charge in [0.2, 0.25) is 6.79 Å². The van der Waals surface area contributed by atoms with E-state index in [0.29, 0.717) is 6.79 Å². The molecule has 0 saturated heterocycles. The van der Waals surface area contributed by atoms with Crippen LogP contribution in [0, 0.1) is 13.8 Å². The van der Waals surface area contributed by atoms with Gasteiger partial charge in [0.25, 0.3) is 0 Å². The van der Waals surface area contributed by atoms with Gasteiger partial charge in [0.15, 0.2) is 11.5 Å². The molecular formula is C16H17NO2. The molecule has 1 N–H and O–H groups in total. The zero-order valence-electron chi connectivity index (χ0n) is 11.2. The summed E-state index contributed by atoms with van der Waals surface area (Å²) < 4.78 is 10.7. The molecule has 0 unspecified atom stereocenters. The number of hydrogen-bond donors (Lipinski definition) is 1. The zero-order chi connectivity index (χ0) is 13.2. The third-order valence-corrected chi connectivity index (χ3v) is 3.52. The van der Waals surface area contributed by atoms with Crippen molar-refractivity contribution in [1.29, 1.82) is 0 Å². The lowest BCUT2D eigenvalue weighted by molar-refractivity contribution is 0.174. The van der Waals surface area contributed by atoms with E-state index in [4.69, 9.17) is 9.47 Å². The number of fused-ring (bicyclic) bond motifs is 1. The first-order valence-corrected chi connectivity index (χ1v) is 6.42. The molecule has 3 rings (SSSR count). The number of nitrogens with one attached hydrogen (secondary N) is 1. The van der Waals surface area contributed by atoms with Crippen molar-refractivity contribution in [3.05, 3.63) is 53.1 Å². The van der Waals surface area contributed by atoms with Crippen molar-refractivity contribution in [3.63, 3.8) is 0 Å². The second kappa shape index (κ2) is 4.84. The fraction of sp³-hybridized carbons (Fsp3) is 0.250. The summed E-state index contributed by atoms with van der Waals surface area (Å²) in [6.45, 7) is 5.36. The quantitative estimate of drug-likeness (QED) is 0.908. The van der Waals surface area contributed by atoms with Crippen LogP contribution in [0.4, 0.5) is 5.69 Å². The Hall–Kier alpha value is -2.16. The number of ether oxygens (including phenoxy) is 2. The standard InChI is InChI=1S/C16H17NO2/c1-11-4-3-5-14(12(11)2)17-9-13-6-7-15-16(8-13)19-10-18-15/h3-8,17H,9-10H2,1-2H3. The van der Waals surface area contributed by atoms with Gasteiger partial charge in [0, 0.05) is 12.2 Å². The lowest BCUT2D eigenvalue weighted by atomic mass is 10.1. The number of hydrogen-bond acceptors (Lipinski definition) is 3. The van der Waals surface area contributed by atoms with Crippen molar-refractivity contribution < 1.29 is 9.47 Å². The van der Waals surface area contributed by atoms with Gasteiger partial charge in [0.1, 0.15) is 0 Å². The van der Waals surface area contributed by atoms with Gasteiger partial charge in [-0.25, -0.2) is 0 Å². The topological polar surface area (TPSA) is 30.5 Å². The van der Waals surface area contributed by atoms with Crippen LogP contribution in [-0.4, -0.2) is 6.79 Å². The van der Waals surface area contributed by atoms with E-state index in [-0.39, 0.29) is 0 Å². The van der Waals surface area contributed by atoms with E-state index < -0.39 is 0 Å². The average molecular weight is 255 g/mol. The summed E-state index contributed by atoms with van der Waals surface area (Å²) in [7, 11) is 0. The largest absolute Gasteiger partial charge is 0.454 e. The van der Waals surface area contributed by atoms with Gasteiger partial charge in [-0.2, -0.15) is 0 Å². The van der Waals surface area contributed by atoms with E-state index in [0.717, 1.165) is 18.0 Å². The molecule has 0 spiro atoms. The van der Waals surface area contributed by atoms with Crippen molar-refractivity contribution in [3.8, 4) is 11.5 Å². The van der Waals surface area contributed by atoms with Crippen molar-refractivity contribution in [2.24, 2.45) is 0 Å². The lowest BCUT2D eigenvalue weighted by Gasteiger charge is -2.11. The molecule has 0 saturated carbocycles. The molecule has 3 nitrogen and oxygen atoms in total. The minimum absolute atomic E-state index is 0.323. The molecule has 0 amide bonds. The summed E-state index contributed by atoms with van der Waals surface area (Å²) in [5.41, 5.74) is 4.96. The van der Waals surface area contributed by atoms with E-state index in [9.17, 15) is 0 Å². The third-order valence-electron chi connectivity index (χ3n) is 3.52. The molecule has 1 aliphatic heterocycles. The first-order valence-electron chi connectivity index (χ1n) is 6.42. The minimum Gasteiger partial charge on any atom is -0.454 e. The number of rotatable bonds is 3. The SMILES string of the molecule is Cc1cccc(NCc2ccc3c(c2)OCO3)c1C. The molecule has 2 aromatic carbocycles. The maximum atomic E-state index is 5.38. The Labute approximate surface area is 113 Å². The molecule has 1 aliphatic rings. The predicted molar refractivity (Wildman–Crippen MR) is 75.8 cm³/mol. The summed E-state index contributed by atoms with van der Waals surface area (Å²) in [5.74, 6) is 1.66. The first kappa shape index (κ1) is 11.9. The second-order valence-electron chi connectivity index (χ2n) is 4.79. The monoisotopic (exact) mass is 255 g/mol. The molecule has 0 atom stereocenters. The Balaban J connectivity index is 1.74. The van der Waals surface area contributed by atoms with Crippen LogP contribution in [0.15, 0.2) is 36.4 Å². The minimum atomic E-state index is 0.323. The molecule has 3 heteroatoms. The molecule has 19 heavy (non-hydrogen) atoms.